The molecule has 112 valence electrons. The molecule has 0 saturated carbocycles. The minimum absolute atomic E-state index is 0.00118. The lowest BCUT2D eigenvalue weighted by atomic mass is 10.2. The fourth-order valence-electron chi connectivity index (χ4n) is 2.15. The molecule has 0 spiro atoms. The third-order valence-electron chi connectivity index (χ3n) is 3.29. The van der Waals surface area contributed by atoms with Crippen molar-refractivity contribution in [2.75, 3.05) is 7.05 Å². The predicted molar refractivity (Wildman–Crippen MR) is 86.6 cm³/mol. The number of benzene rings is 1. The van der Waals surface area contributed by atoms with Gasteiger partial charge < -0.3 is 4.90 Å². The van der Waals surface area contributed by atoms with Crippen molar-refractivity contribution in [1.29, 1.82) is 0 Å². The highest BCUT2D eigenvalue weighted by molar-refractivity contribution is 7.09. The summed E-state index contributed by atoms with van der Waals surface area (Å²) in [5.74, 6) is -0.00118. The normalized spacial score (nSPS) is 10.6. The molecule has 0 aliphatic carbocycles. The Balaban J connectivity index is 1.71. The minimum Gasteiger partial charge on any atom is -0.335 e. The highest BCUT2D eigenvalue weighted by atomic mass is 32.1. The van der Waals surface area contributed by atoms with E-state index in [2.05, 4.69) is 10.1 Å². The summed E-state index contributed by atoms with van der Waals surface area (Å²) in [4.78, 5) is 18.6. The van der Waals surface area contributed by atoms with Gasteiger partial charge in [-0.15, -0.1) is 11.3 Å². The van der Waals surface area contributed by atoms with Gasteiger partial charge in [-0.1, -0.05) is 18.2 Å². The highest BCUT2D eigenvalue weighted by Crippen LogP contribution is 2.22. The number of rotatable bonds is 4. The van der Waals surface area contributed by atoms with Crippen LogP contribution < -0.4 is 0 Å². The van der Waals surface area contributed by atoms with Gasteiger partial charge in [0.05, 0.1) is 18.4 Å². The van der Waals surface area contributed by atoms with Gasteiger partial charge in [-0.3, -0.25) is 9.48 Å². The maximum atomic E-state index is 12.3. The molecule has 0 fully saturated rings. The van der Waals surface area contributed by atoms with Crippen LogP contribution in [0.3, 0.4) is 0 Å². The van der Waals surface area contributed by atoms with Crippen molar-refractivity contribution >= 4 is 17.2 Å². The number of nitrogens with zero attached hydrogens (tertiary/aromatic N) is 4. The van der Waals surface area contributed by atoms with Gasteiger partial charge in [-0.2, -0.15) is 5.10 Å². The van der Waals surface area contributed by atoms with Gasteiger partial charge in [-0.25, -0.2) is 4.98 Å². The number of aromatic nitrogens is 3. The average Bonchev–Trinajstić information content (AvgIpc) is 3.16. The van der Waals surface area contributed by atoms with Crippen molar-refractivity contribution in [3.63, 3.8) is 0 Å². The smallest absolute Gasteiger partial charge is 0.253 e. The molecule has 0 aliphatic heterocycles. The lowest BCUT2D eigenvalue weighted by molar-refractivity contribution is 0.0785. The number of carbonyl (C=O) groups is 1. The SMILES string of the molecule is CN(Cc1nc(-c2cnn(C)c2)cs1)C(=O)c1ccccc1. The number of hydrogen-bond acceptors (Lipinski definition) is 4. The maximum Gasteiger partial charge on any atom is 0.253 e. The maximum absolute atomic E-state index is 12.3. The number of amides is 1. The Labute approximate surface area is 132 Å². The molecule has 0 N–H and O–H groups in total. The van der Waals surface area contributed by atoms with Crippen LogP contribution in [0, 0.1) is 0 Å². The van der Waals surface area contributed by atoms with Crippen LogP contribution in [0.25, 0.3) is 11.3 Å². The van der Waals surface area contributed by atoms with E-state index in [0.717, 1.165) is 16.3 Å². The summed E-state index contributed by atoms with van der Waals surface area (Å²) in [5, 5.41) is 7.05. The molecule has 0 saturated heterocycles. The number of aryl methyl sites for hydroxylation is 1. The van der Waals surface area contributed by atoms with Crippen LogP contribution in [-0.2, 0) is 13.6 Å². The van der Waals surface area contributed by atoms with Crippen LogP contribution in [0.1, 0.15) is 15.4 Å². The fourth-order valence-corrected chi connectivity index (χ4v) is 3.00. The molecule has 6 heteroatoms. The van der Waals surface area contributed by atoms with Gasteiger partial charge in [0.1, 0.15) is 5.01 Å². The van der Waals surface area contributed by atoms with E-state index in [4.69, 9.17) is 0 Å². The summed E-state index contributed by atoms with van der Waals surface area (Å²) in [6.45, 7) is 0.499. The summed E-state index contributed by atoms with van der Waals surface area (Å²) in [7, 11) is 3.67. The zero-order valence-corrected chi connectivity index (χ0v) is 13.2. The second kappa shape index (κ2) is 6.11. The Morgan fingerprint density at radius 3 is 2.77 bits per heavy atom. The summed E-state index contributed by atoms with van der Waals surface area (Å²) >= 11 is 1.55. The van der Waals surface area contributed by atoms with Gasteiger partial charge in [0.2, 0.25) is 0 Å². The molecule has 2 heterocycles. The van der Waals surface area contributed by atoms with Gasteiger partial charge in [0.25, 0.3) is 5.91 Å². The largest absolute Gasteiger partial charge is 0.335 e. The Hall–Kier alpha value is -2.47. The zero-order valence-electron chi connectivity index (χ0n) is 12.4. The Morgan fingerprint density at radius 1 is 1.32 bits per heavy atom. The molecule has 22 heavy (non-hydrogen) atoms. The van der Waals surface area contributed by atoms with Crippen molar-refractivity contribution in [2.45, 2.75) is 6.54 Å². The Morgan fingerprint density at radius 2 is 2.09 bits per heavy atom. The minimum atomic E-state index is -0.00118. The van der Waals surface area contributed by atoms with E-state index in [0.29, 0.717) is 12.1 Å². The summed E-state index contributed by atoms with van der Waals surface area (Å²) in [5.41, 5.74) is 2.57. The molecule has 3 aromatic rings. The molecule has 2 aromatic heterocycles. The number of carbonyl (C=O) groups excluding carboxylic acids is 1. The van der Waals surface area contributed by atoms with Crippen LogP contribution in [0.2, 0.25) is 0 Å². The molecule has 0 aliphatic rings. The van der Waals surface area contributed by atoms with Gasteiger partial charge in [-0.05, 0) is 12.1 Å². The molecule has 1 amide bonds. The van der Waals surface area contributed by atoms with Crippen LogP contribution in [0.15, 0.2) is 48.1 Å². The van der Waals surface area contributed by atoms with Crippen molar-refractivity contribution in [2.24, 2.45) is 7.05 Å². The predicted octanol–water partition coefficient (Wildman–Crippen LogP) is 2.82. The standard InChI is InChI=1S/C16H16N4OS/c1-19(16(21)12-6-4-3-5-7-12)10-15-18-14(11-22-15)13-8-17-20(2)9-13/h3-9,11H,10H2,1-2H3. The monoisotopic (exact) mass is 312 g/mol. The van der Waals surface area contributed by atoms with Crippen molar-refractivity contribution in [3.8, 4) is 11.3 Å². The molecular weight excluding hydrogens is 296 g/mol. The second-order valence-electron chi connectivity index (χ2n) is 5.06. The average molecular weight is 312 g/mol. The van der Waals surface area contributed by atoms with E-state index < -0.39 is 0 Å². The van der Waals surface area contributed by atoms with Gasteiger partial charge >= 0.3 is 0 Å². The van der Waals surface area contributed by atoms with Crippen molar-refractivity contribution in [3.05, 3.63) is 58.7 Å². The van der Waals surface area contributed by atoms with Gasteiger partial charge in [0, 0.05) is 36.8 Å². The summed E-state index contributed by atoms with van der Waals surface area (Å²) in [6.07, 6.45) is 3.72. The summed E-state index contributed by atoms with van der Waals surface area (Å²) in [6, 6.07) is 9.28. The molecule has 0 atom stereocenters. The van der Waals surface area contributed by atoms with E-state index in [1.807, 2.05) is 49.0 Å². The van der Waals surface area contributed by atoms with Crippen molar-refractivity contribution in [1.82, 2.24) is 19.7 Å². The molecule has 0 bridgehead atoms. The second-order valence-corrected chi connectivity index (χ2v) is 6.00. The quantitative estimate of drug-likeness (QED) is 0.744. The molecule has 3 rings (SSSR count). The molecule has 0 unspecified atom stereocenters. The zero-order chi connectivity index (χ0) is 15.5. The van der Waals surface area contributed by atoms with E-state index >= 15 is 0 Å². The van der Waals surface area contributed by atoms with E-state index in [1.54, 1.807) is 34.2 Å². The molecular formula is C16H16N4OS. The first kappa shape index (κ1) is 14.5. The molecule has 1 aromatic carbocycles. The third-order valence-corrected chi connectivity index (χ3v) is 4.13. The molecule has 0 radical (unpaired) electrons. The van der Waals surface area contributed by atoms with Crippen LogP contribution in [0.4, 0.5) is 0 Å². The Bertz CT molecular complexity index is 778. The van der Waals surface area contributed by atoms with E-state index in [9.17, 15) is 4.79 Å². The van der Waals surface area contributed by atoms with E-state index in [1.165, 1.54) is 0 Å². The molecule has 5 nitrogen and oxygen atoms in total. The van der Waals surface area contributed by atoms with Crippen LogP contribution >= 0.6 is 11.3 Å². The van der Waals surface area contributed by atoms with Crippen LogP contribution in [-0.4, -0.2) is 32.6 Å². The number of thiazole rings is 1. The summed E-state index contributed by atoms with van der Waals surface area (Å²) < 4.78 is 1.75. The van der Waals surface area contributed by atoms with Crippen LogP contribution in [0.5, 0.6) is 0 Å². The lowest BCUT2D eigenvalue weighted by Crippen LogP contribution is -2.26. The van der Waals surface area contributed by atoms with Gasteiger partial charge in [0.15, 0.2) is 0 Å². The first-order valence-corrected chi connectivity index (χ1v) is 7.75. The van der Waals surface area contributed by atoms with Crippen molar-refractivity contribution < 1.29 is 4.79 Å². The third kappa shape index (κ3) is 3.07. The van der Waals surface area contributed by atoms with E-state index in [-0.39, 0.29) is 5.91 Å². The topological polar surface area (TPSA) is 51.0 Å². The highest BCUT2D eigenvalue weighted by Gasteiger charge is 2.14. The number of hydrogen-bond donors (Lipinski definition) is 0. The lowest BCUT2D eigenvalue weighted by Gasteiger charge is -2.15. The Kier molecular flexibility index (Phi) is 4.02. The first-order chi connectivity index (χ1) is 10.6. The fraction of sp³-hybridized carbons (Fsp3) is 0.188. The first-order valence-electron chi connectivity index (χ1n) is 6.87.